The summed E-state index contributed by atoms with van der Waals surface area (Å²) < 4.78 is 44.0. The number of aryl methyl sites for hydroxylation is 1. The summed E-state index contributed by atoms with van der Waals surface area (Å²) in [5.41, 5.74) is -0.150. The van der Waals surface area contributed by atoms with E-state index in [1.807, 2.05) is 11.4 Å². The molecule has 0 amide bonds. The Morgan fingerprint density at radius 3 is 2.58 bits per heavy atom. The fourth-order valence-electron chi connectivity index (χ4n) is 3.71. The molecule has 0 saturated heterocycles. The number of nitrogens with zero attached hydrogens (tertiary/aromatic N) is 2. The van der Waals surface area contributed by atoms with Gasteiger partial charge in [-0.2, -0.15) is 4.76 Å². The van der Waals surface area contributed by atoms with Crippen LogP contribution in [0.5, 0.6) is 5.75 Å². The van der Waals surface area contributed by atoms with Gasteiger partial charge in [-0.05, 0) is 41.5 Å². The highest BCUT2D eigenvalue weighted by molar-refractivity contribution is 7.92. The van der Waals surface area contributed by atoms with Crippen molar-refractivity contribution in [2.45, 2.75) is 33.7 Å². The lowest BCUT2D eigenvalue weighted by Gasteiger charge is -2.24. The summed E-state index contributed by atoms with van der Waals surface area (Å²) in [6, 6.07) is 7.67. The number of hydrogen-bond donors (Lipinski definition) is 4. The Bertz CT molecular complexity index is 1570. The summed E-state index contributed by atoms with van der Waals surface area (Å²) in [6.45, 7) is 6.53. The molecule has 0 aliphatic carbocycles. The molecule has 0 radical (unpaired) electrons. The molecule has 36 heavy (non-hydrogen) atoms. The van der Waals surface area contributed by atoms with E-state index in [2.05, 4.69) is 35.6 Å². The van der Waals surface area contributed by atoms with Crippen LogP contribution in [0.4, 0.5) is 11.4 Å². The van der Waals surface area contributed by atoms with Gasteiger partial charge in [0.05, 0.1) is 22.8 Å². The Labute approximate surface area is 212 Å². The van der Waals surface area contributed by atoms with Crippen molar-refractivity contribution in [1.82, 2.24) is 4.57 Å². The van der Waals surface area contributed by atoms with Crippen LogP contribution in [0.1, 0.15) is 32.8 Å². The van der Waals surface area contributed by atoms with E-state index in [-0.39, 0.29) is 39.2 Å². The summed E-state index contributed by atoms with van der Waals surface area (Å²) in [5.74, 6) is -0.581. The summed E-state index contributed by atoms with van der Waals surface area (Å²) in [4.78, 5) is 25.0. The van der Waals surface area contributed by atoms with Crippen LogP contribution < -0.4 is 20.9 Å². The fraction of sp³-hybridized carbons (Fsp3) is 0.304. The Morgan fingerprint density at radius 1 is 1.25 bits per heavy atom. The number of aromatic nitrogens is 1. The number of hydrogen-bond acceptors (Lipinski definition) is 7. The van der Waals surface area contributed by atoms with Gasteiger partial charge in [0.2, 0.25) is 10.0 Å². The van der Waals surface area contributed by atoms with Gasteiger partial charge in [0.15, 0.2) is 5.84 Å². The number of rotatable bonds is 6. The van der Waals surface area contributed by atoms with Crippen molar-refractivity contribution in [3.05, 3.63) is 57.8 Å². The van der Waals surface area contributed by atoms with Crippen LogP contribution in [-0.4, -0.2) is 35.1 Å². The lowest BCUT2D eigenvalue weighted by Crippen LogP contribution is -2.33. The van der Waals surface area contributed by atoms with E-state index in [4.69, 9.17) is 0 Å². The van der Waals surface area contributed by atoms with E-state index >= 15 is 0 Å². The third-order valence-corrected chi connectivity index (χ3v) is 8.46. The molecule has 3 heterocycles. The van der Waals surface area contributed by atoms with Gasteiger partial charge in [-0.15, -0.1) is 11.3 Å². The highest BCUT2D eigenvalue weighted by Crippen LogP contribution is 2.48. The molecule has 3 aromatic rings. The number of benzene rings is 1. The topological polar surface area (TPSA) is 150 Å². The maximum atomic E-state index is 13.5. The summed E-state index contributed by atoms with van der Waals surface area (Å²) in [6.07, 6.45) is 3.24. The average molecular weight is 551 g/mol. The normalized spacial score (nSPS) is 17.8. The van der Waals surface area contributed by atoms with Crippen molar-refractivity contribution in [3.8, 4) is 16.2 Å². The second kappa shape index (κ2) is 9.19. The van der Waals surface area contributed by atoms with Gasteiger partial charge in [-0.3, -0.25) is 14.1 Å². The first kappa shape index (κ1) is 26.2. The minimum atomic E-state index is -4.43. The van der Waals surface area contributed by atoms with E-state index < -0.39 is 23.1 Å². The predicted molar refractivity (Wildman–Crippen MR) is 144 cm³/mol. The van der Waals surface area contributed by atoms with Crippen molar-refractivity contribution in [1.29, 1.82) is 0 Å². The van der Waals surface area contributed by atoms with E-state index in [0.29, 0.717) is 18.5 Å². The molecular formula is C23H27N4O6PS2. The van der Waals surface area contributed by atoms with Crippen LogP contribution >= 0.6 is 18.9 Å². The Kier molecular flexibility index (Phi) is 6.67. The van der Waals surface area contributed by atoms with Gasteiger partial charge in [-0.25, -0.2) is 8.42 Å². The molecule has 0 spiro atoms. The lowest BCUT2D eigenvalue weighted by molar-refractivity contribution is 0.347. The smallest absolute Gasteiger partial charge is 0.346 e. The van der Waals surface area contributed by atoms with Crippen molar-refractivity contribution in [3.63, 3.8) is 0 Å². The van der Waals surface area contributed by atoms with Crippen molar-refractivity contribution in [2.75, 3.05) is 16.3 Å². The van der Waals surface area contributed by atoms with Gasteiger partial charge >= 0.3 is 7.52 Å². The monoisotopic (exact) mass is 550 g/mol. The number of anilines is 2. The second-order valence-electron chi connectivity index (χ2n) is 9.78. The molecule has 1 aliphatic rings. The molecule has 1 unspecified atom stereocenters. The first-order valence-corrected chi connectivity index (χ1v) is 15.4. The number of thiophene rings is 1. The van der Waals surface area contributed by atoms with Gasteiger partial charge in [0.1, 0.15) is 11.3 Å². The summed E-state index contributed by atoms with van der Waals surface area (Å²) in [7, 11) is -8.04. The van der Waals surface area contributed by atoms with Gasteiger partial charge < -0.3 is 19.9 Å². The Hall–Kier alpha value is -2.92. The fourth-order valence-corrected chi connectivity index (χ4v) is 6.29. The Morgan fingerprint density at radius 2 is 1.97 bits per heavy atom. The Balaban J connectivity index is 1.86. The average Bonchev–Trinajstić information content (AvgIpc) is 3.26. The number of amidine groups is 1. The minimum absolute atomic E-state index is 0.0569. The number of nitrogens with one attached hydrogen (secondary N) is 2. The molecule has 0 fully saturated rings. The molecule has 1 atom stereocenters. The molecule has 0 bridgehead atoms. The number of sulfonamides is 1. The highest BCUT2D eigenvalue weighted by Gasteiger charge is 2.34. The van der Waals surface area contributed by atoms with Crippen molar-refractivity contribution >= 4 is 51.4 Å². The molecular weight excluding hydrogens is 523 g/mol. The van der Waals surface area contributed by atoms with Crippen LogP contribution in [0.3, 0.4) is 0 Å². The lowest BCUT2D eigenvalue weighted by atomic mass is 9.92. The van der Waals surface area contributed by atoms with Crippen LogP contribution in [0.25, 0.3) is 10.4 Å². The molecule has 10 nitrogen and oxygen atoms in total. The van der Waals surface area contributed by atoms with Gasteiger partial charge in [0, 0.05) is 23.3 Å². The van der Waals surface area contributed by atoms with E-state index in [9.17, 15) is 27.8 Å². The van der Waals surface area contributed by atoms with Crippen molar-refractivity contribution in [2.24, 2.45) is 10.2 Å². The summed E-state index contributed by atoms with van der Waals surface area (Å²) in [5, 5.41) is 15.8. The third-order valence-electron chi connectivity index (χ3n) is 5.48. The molecule has 192 valence electrons. The molecule has 1 aliphatic heterocycles. The first-order chi connectivity index (χ1) is 16.6. The highest BCUT2D eigenvalue weighted by atomic mass is 32.2. The van der Waals surface area contributed by atoms with Gasteiger partial charge in [-0.1, -0.05) is 26.8 Å². The largest absolute Gasteiger partial charge is 0.506 e. The van der Waals surface area contributed by atoms with E-state index in [1.165, 1.54) is 34.1 Å². The zero-order chi connectivity index (χ0) is 26.5. The van der Waals surface area contributed by atoms with Crippen LogP contribution in [0, 0.1) is 5.41 Å². The van der Waals surface area contributed by atoms with Crippen molar-refractivity contribution < 1.29 is 23.0 Å². The van der Waals surface area contributed by atoms with Crippen LogP contribution in [-0.2, 0) is 21.1 Å². The number of pyridine rings is 1. The second-order valence-corrected chi connectivity index (χ2v) is 14.2. The summed E-state index contributed by atoms with van der Waals surface area (Å²) >= 11 is 1.38. The molecule has 4 N–H and O–H groups in total. The standard InChI is InChI=1S/C23H27N4O6PS2/c1-23(2,3)9-10-27-13-15(18-6-5-11-35-18)20(28)19(22(27)29)21-24-16-8-7-14(26-36(4,32)33)12-17(16)34(30,31)25-21/h5-8,11-13,26,28H,9-10H2,1-4H3,(H2,24,25,30,31). The molecule has 0 saturated carbocycles. The molecule has 2 aromatic heterocycles. The number of aromatic hydroxyl groups is 1. The zero-order valence-corrected chi connectivity index (χ0v) is 22.7. The first-order valence-electron chi connectivity index (χ1n) is 11.0. The number of fused-ring (bicyclic) bond motifs is 1. The molecule has 13 heteroatoms. The zero-order valence-electron chi connectivity index (χ0n) is 20.1. The van der Waals surface area contributed by atoms with Gasteiger partial charge in [0.25, 0.3) is 5.56 Å². The van der Waals surface area contributed by atoms with E-state index in [0.717, 1.165) is 11.1 Å². The maximum Gasteiger partial charge on any atom is 0.346 e. The molecule has 1 aromatic carbocycles. The quantitative estimate of drug-likeness (QED) is 0.341. The van der Waals surface area contributed by atoms with E-state index in [1.54, 1.807) is 12.3 Å². The minimum Gasteiger partial charge on any atom is -0.506 e. The predicted octanol–water partition coefficient (Wildman–Crippen LogP) is 3.77. The molecule has 4 rings (SSSR count). The maximum absolute atomic E-state index is 13.5. The van der Waals surface area contributed by atoms with Crippen LogP contribution in [0.2, 0.25) is 0 Å². The third kappa shape index (κ3) is 5.57. The van der Waals surface area contributed by atoms with Crippen LogP contribution in [0.15, 0.2) is 51.5 Å². The SMILES string of the molecule is CC(C)(C)CCn1cc(-c2cccs2)c(O)c(C2=NP(=O)(O)c3cc(NS(C)(=O)=O)ccc3N2)c1=O.